The summed E-state index contributed by atoms with van der Waals surface area (Å²) in [4.78, 5) is 31.1. The zero-order valence-electron chi connectivity index (χ0n) is 16.1. The van der Waals surface area contributed by atoms with Gasteiger partial charge in [0.2, 0.25) is 5.82 Å². The molecule has 0 spiro atoms. The largest absolute Gasteiger partial charge is 0.475 e. The summed E-state index contributed by atoms with van der Waals surface area (Å²) in [7, 11) is 0. The number of carboxylic acid groups (broad SMARTS) is 1. The monoisotopic (exact) mass is 433 g/mol. The molecule has 1 amide bonds. The zero-order chi connectivity index (χ0) is 21.8. The lowest BCUT2D eigenvalue weighted by Gasteiger charge is -2.10. The van der Waals surface area contributed by atoms with Crippen LogP contribution in [0.3, 0.4) is 0 Å². The van der Waals surface area contributed by atoms with E-state index in [1.807, 2.05) is 36.4 Å². The number of halogens is 1. The molecule has 0 fully saturated rings. The van der Waals surface area contributed by atoms with Crippen LogP contribution in [-0.2, 0) is 11.3 Å². The summed E-state index contributed by atoms with van der Waals surface area (Å²) in [5.41, 5.74) is 3.45. The summed E-state index contributed by atoms with van der Waals surface area (Å²) in [6, 6.07) is 19.8. The van der Waals surface area contributed by atoms with Crippen LogP contribution in [0, 0.1) is 0 Å². The lowest BCUT2D eigenvalue weighted by molar-refractivity contribution is 0.0684. The predicted molar refractivity (Wildman–Crippen MR) is 117 cm³/mol. The van der Waals surface area contributed by atoms with E-state index in [0.29, 0.717) is 21.6 Å². The number of aromatic carboxylic acids is 1. The predicted octanol–water partition coefficient (Wildman–Crippen LogP) is 5.40. The fourth-order valence-corrected chi connectivity index (χ4v) is 3.26. The van der Waals surface area contributed by atoms with Gasteiger partial charge in [0, 0.05) is 22.3 Å². The first-order valence-electron chi connectivity index (χ1n) is 9.27. The number of anilines is 1. The Morgan fingerprint density at radius 1 is 1.00 bits per heavy atom. The standard InChI is InChI=1S/C23H16ClN3O4/c24-18-9-16(15-6-7-20-17(8-15)12-25-21(27-20)22(28)29)10-19(11-18)26-23(30)31-13-14-4-2-1-3-5-14/h1-12H,13H2,(H,26,30)(H,28,29). The average Bonchev–Trinajstić information content (AvgIpc) is 2.77. The first-order chi connectivity index (χ1) is 15.0. The summed E-state index contributed by atoms with van der Waals surface area (Å²) >= 11 is 6.25. The molecule has 4 aromatic rings. The summed E-state index contributed by atoms with van der Waals surface area (Å²) in [5.74, 6) is -1.45. The Bertz CT molecular complexity index is 1280. The number of amides is 1. The Hall–Kier alpha value is -3.97. The molecule has 3 aromatic carbocycles. The second-order valence-corrected chi connectivity index (χ2v) is 7.12. The van der Waals surface area contributed by atoms with Crippen LogP contribution in [-0.4, -0.2) is 27.1 Å². The van der Waals surface area contributed by atoms with Gasteiger partial charge in [-0.2, -0.15) is 0 Å². The van der Waals surface area contributed by atoms with Crippen molar-refractivity contribution in [3.05, 3.63) is 89.3 Å². The highest BCUT2D eigenvalue weighted by Crippen LogP contribution is 2.29. The maximum atomic E-state index is 12.2. The van der Waals surface area contributed by atoms with Gasteiger partial charge in [-0.25, -0.2) is 19.6 Å². The van der Waals surface area contributed by atoms with E-state index in [-0.39, 0.29) is 12.4 Å². The normalized spacial score (nSPS) is 10.6. The fourth-order valence-electron chi connectivity index (χ4n) is 3.02. The smallest absolute Gasteiger partial charge is 0.411 e. The third-order valence-electron chi connectivity index (χ3n) is 4.46. The lowest BCUT2D eigenvalue weighted by atomic mass is 10.0. The number of hydrogen-bond acceptors (Lipinski definition) is 5. The second-order valence-electron chi connectivity index (χ2n) is 6.69. The van der Waals surface area contributed by atoms with Crippen LogP contribution in [0.2, 0.25) is 5.02 Å². The van der Waals surface area contributed by atoms with Gasteiger partial charge in [-0.1, -0.05) is 48.0 Å². The molecule has 0 bridgehead atoms. The Morgan fingerprint density at radius 3 is 2.58 bits per heavy atom. The molecule has 0 aliphatic rings. The highest BCUT2D eigenvalue weighted by molar-refractivity contribution is 6.31. The highest BCUT2D eigenvalue weighted by Gasteiger charge is 2.10. The zero-order valence-corrected chi connectivity index (χ0v) is 16.8. The lowest BCUT2D eigenvalue weighted by Crippen LogP contribution is -2.13. The van der Waals surface area contributed by atoms with E-state index in [2.05, 4.69) is 15.3 Å². The van der Waals surface area contributed by atoms with Crippen molar-refractivity contribution in [2.24, 2.45) is 0 Å². The molecular formula is C23H16ClN3O4. The van der Waals surface area contributed by atoms with Crippen molar-refractivity contribution in [1.82, 2.24) is 9.97 Å². The van der Waals surface area contributed by atoms with Crippen LogP contribution < -0.4 is 5.32 Å². The van der Waals surface area contributed by atoms with E-state index < -0.39 is 12.1 Å². The van der Waals surface area contributed by atoms with E-state index in [0.717, 1.165) is 16.7 Å². The molecule has 4 rings (SSSR count). The molecule has 31 heavy (non-hydrogen) atoms. The quantitative estimate of drug-likeness (QED) is 0.437. The number of nitrogens with one attached hydrogen (secondary N) is 1. The Kier molecular flexibility index (Phi) is 5.77. The van der Waals surface area contributed by atoms with Crippen molar-refractivity contribution in [3.63, 3.8) is 0 Å². The van der Waals surface area contributed by atoms with Gasteiger partial charge < -0.3 is 9.84 Å². The fraction of sp³-hybridized carbons (Fsp3) is 0.0435. The molecule has 0 unspecified atom stereocenters. The molecule has 0 aliphatic heterocycles. The molecule has 0 aliphatic carbocycles. The van der Waals surface area contributed by atoms with Gasteiger partial charge >= 0.3 is 12.1 Å². The molecule has 0 saturated heterocycles. The van der Waals surface area contributed by atoms with Crippen molar-refractivity contribution >= 4 is 40.3 Å². The number of fused-ring (bicyclic) bond motifs is 1. The summed E-state index contributed by atoms with van der Waals surface area (Å²) in [6.07, 6.45) is 0.866. The minimum absolute atomic E-state index is 0.156. The molecule has 1 heterocycles. The van der Waals surface area contributed by atoms with E-state index in [1.165, 1.54) is 6.20 Å². The van der Waals surface area contributed by atoms with Gasteiger partial charge in [0.25, 0.3) is 0 Å². The number of rotatable bonds is 5. The van der Waals surface area contributed by atoms with Crippen LogP contribution >= 0.6 is 11.6 Å². The number of hydrogen-bond donors (Lipinski definition) is 2. The van der Waals surface area contributed by atoms with Crippen molar-refractivity contribution < 1.29 is 19.4 Å². The molecule has 7 nitrogen and oxygen atoms in total. The molecule has 2 N–H and O–H groups in total. The van der Waals surface area contributed by atoms with Crippen LogP contribution in [0.4, 0.5) is 10.5 Å². The Balaban J connectivity index is 1.53. The average molecular weight is 434 g/mol. The van der Waals surface area contributed by atoms with E-state index >= 15 is 0 Å². The number of ether oxygens (including phenoxy) is 1. The van der Waals surface area contributed by atoms with E-state index in [4.69, 9.17) is 21.4 Å². The van der Waals surface area contributed by atoms with Crippen molar-refractivity contribution in [2.45, 2.75) is 6.61 Å². The Morgan fingerprint density at radius 2 is 1.81 bits per heavy atom. The third kappa shape index (κ3) is 4.96. The van der Waals surface area contributed by atoms with Crippen LogP contribution in [0.1, 0.15) is 16.2 Å². The summed E-state index contributed by atoms with van der Waals surface area (Å²) in [5, 5.41) is 12.8. The molecule has 0 radical (unpaired) electrons. The molecular weight excluding hydrogens is 418 g/mol. The van der Waals surface area contributed by atoms with Crippen LogP contribution in [0.5, 0.6) is 0 Å². The van der Waals surface area contributed by atoms with E-state index in [9.17, 15) is 9.59 Å². The van der Waals surface area contributed by atoms with Gasteiger partial charge in [0.1, 0.15) is 6.61 Å². The molecule has 154 valence electrons. The number of carbonyl (C=O) groups is 2. The summed E-state index contributed by atoms with van der Waals surface area (Å²) in [6.45, 7) is 0.156. The van der Waals surface area contributed by atoms with Crippen molar-refractivity contribution in [3.8, 4) is 11.1 Å². The molecule has 0 atom stereocenters. The highest BCUT2D eigenvalue weighted by atomic mass is 35.5. The molecule has 0 saturated carbocycles. The topological polar surface area (TPSA) is 101 Å². The van der Waals surface area contributed by atoms with Crippen LogP contribution in [0.15, 0.2) is 72.9 Å². The van der Waals surface area contributed by atoms with Gasteiger partial charge in [0.15, 0.2) is 0 Å². The van der Waals surface area contributed by atoms with Gasteiger partial charge in [-0.05, 0) is 47.0 Å². The SMILES string of the molecule is O=C(Nc1cc(Cl)cc(-c2ccc3nc(C(=O)O)ncc3c2)c1)OCc1ccccc1. The number of nitrogens with zero attached hydrogens (tertiary/aromatic N) is 2. The Labute approximate surface area is 182 Å². The first kappa shape index (κ1) is 20.3. The molecule has 1 aromatic heterocycles. The number of benzene rings is 3. The number of aromatic nitrogens is 2. The van der Waals surface area contributed by atoms with E-state index in [1.54, 1.807) is 30.3 Å². The van der Waals surface area contributed by atoms with Gasteiger partial charge in [-0.3, -0.25) is 5.32 Å². The minimum Gasteiger partial charge on any atom is -0.475 e. The maximum Gasteiger partial charge on any atom is 0.411 e. The number of carbonyl (C=O) groups excluding carboxylic acids is 1. The second kappa shape index (κ2) is 8.81. The van der Waals surface area contributed by atoms with Crippen molar-refractivity contribution in [2.75, 3.05) is 5.32 Å². The third-order valence-corrected chi connectivity index (χ3v) is 4.68. The first-order valence-corrected chi connectivity index (χ1v) is 9.64. The maximum absolute atomic E-state index is 12.2. The van der Waals surface area contributed by atoms with Gasteiger partial charge in [-0.15, -0.1) is 0 Å². The number of carboxylic acids is 1. The summed E-state index contributed by atoms with van der Waals surface area (Å²) < 4.78 is 5.25. The van der Waals surface area contributed by atoms with Gasteiger partial charge in [0.05, 0.1) is 5.52 Å². The minimum atomic E-state index is -1.18. The van der Waals surface area contributed by atoms with Crippen molar-refractivity contribution in [1.29, 1.82) is 0 Å². The molecule has 8 heteroatoms. The van der Waals surface area contributed by atoms with Crippen LogP contribution in [0.25, 0.3) is 22.0 Å².